The Morgan fingerprint density at radius 3 is 2.21 bits per heavy atom. The highest BCUT2D eigenvalue weighted by Gasteiger charge is 2.26. The van der Waals surface area contributed by atoms with Crippen LogP contribution in [-0.2, 0) is 22.7 Å². The summed E-state index contributed by atoms with van der Waals surface area (Å²) >= 11 is 0. The predicted octanol–water partition coefficient (Wildman–Crippen LogP) is 3.12. The summed E-state index contributed by atoms with van der Waals surface area (Å²) in [5.41, 5.74) is 3.17. The minimum atomic E-state index is -0.970. The molecule has 0 unspecified atom stereocenters. The average molecular weight is 389 g/mol. The molecule has 1 amide bonds. The zero-order valence-corrected chi connectivity index (χ0v) is 16.3. The number of nitrogens with zero attached hydrogens (tertiary/aromatic N) is 3. The highest BCUT2D eigenvalue weighted by atomic mass is 16.4. The fraction of sp³-hybridized carbons (Fsp3) is 0.217. The first kappa shape index (κ1) is 19.0. The second kappa shape index (κ2) is 7.93. The number of likely N-dealkylation sites (N-methyl/N-ethyl adjacent to an activating group) is 1. The molecule has 3 aromatic carbocycles. The average Bonchev–Trinajstić information content (AvgIpc) is 3.16. The van der Waals surface area contributed by atoms with Gasteiger partial charge in [0, 0.05) is 31.2 Å². The lowest BCUT2D eigenvalue weighted by molar-refractivity contribution is -0.145. The van der Waals surface area contributed by atoms with Gasteiger partial charge in [-0.05, 0) is 22.6 Å². The molecule has 6 heteroatoms. The van der Waals surface area contributed by atoms with E-state index in [0.29, 0.717) is 13.1 Å². The lowest BCUT2D eigenvalue weighted by Gasteiger charge is -2.31. The number of hydrogen-bond acceptors (Lipinski definition) is 4. The molecule has 0 aromatic heterocycles. The molecule has 6 nitrogen and oxygen atoms in total. The summed E-state index contributed by atoms with van der Waals surface area (Å²) in [5, 5.41) is 15.0. The Labute approximate surface area is 169 Å². The first-order valence-corrected chi connectivity index (χ1v) is 9.55. The molecule has 0 atom stereocenters. The van der Waals surface area contributed by atoms with Crippen molar-refractivity contribution in [2.45, 2.75) is 13.1 Å². The Kier molecular flexibility index (Phi) is 5.18. The van der Waals surface area contributed by atoms with Crippen LogP contribution in [0.25, 0.3) is 10.8 Å². The first-order chi connectivity index (χ1) is 14.0. The first-order valence-electron chi connectivity index (χ1n) is 9.55. The van der Waals surface area contributed by atoms with E-state index in [1.165, 1.54) is 11.1 Å². The quantitative estimate of drug-likeness (QED) is 0.702. The number of fused-ring (bicyclic) bond motifs is 2. The fourth-order valence-corrected chi connectivity index (χ4v) is 3.82. The second-order valence-electron chi connectivity index (χ2n) is 7.26. The van der Waals surface area contributed by atoms with Gasteiger partial charge in [-0.1, -0.05) is 60.7 Å². The summed E-state index contributed by atoms with van der Waals surface area (Å²) in [6.45, 7) is 1.09. The number of hydrogen-bond donors (Lipinski definition) is 1. The van der Waals surface area contributed by atoms with Crippen LogP contribution in [0.5, 0.6) is 0 Å². The van der Waals surface area contributed by atoms with Gasteiger partial charge in [-0.15, -0.1) is 0 Å². The Balaban J connectivity index is 1.55. The molecule has 1 aliphatic heterocycles. The SMILES string of the molecule is CN(C(=O)CN(CC(=O)O)c1cccc2ccccc12)N1Cc2ccccc2C1. The molecule has 1 aliphatic rings. The van der Waals surface area contributed by atoms with E-state index in [9.17, 15) is 14.7 Å². The number of carboxylic acid groups (broad SMARTS) is 1. The van der Waals surface area contributed by atoms with Gasteiger partial charge in [0.15, 0.2) is 0 Å². The van der Waals surface area contributed by atoms with E-state index in [1.807, 2.05) is 59.6 Å². The molecule has 0 saturated heterocycles. The van der Waals surface area contributed by atoms with Gasteiger partial charge < -0.3 is 10.0 Å². The van der Waals surface area contributed by atoms with Gasteiger partial charge in [-0.3, -0.25) is 14.6 Å². The number of carboxylic acids is 1. The summed E-state index contributed by atoms with van der Waals surface area (Å²) in [5.74, 6) is -1.12. The van der Waals surface area contributed by atoms with Crippen molar-refractivity contribution in [3.63, 3.8) is 0 Å². The molecular weight excluding hydrogens is 366 g/mol. The van der Waals surface area contributed by atoms with Crippen molar-refractivity contribution in [3.05, 3.63) is 77.9 Å². The van der Waals surface area contributed by atoms with E-state index < -0.39 is 5.97 Å². The van der Waals surface area contributed by atoms with Crippen LogP contribution in [0.2, 0.25) is 0 Å². The summed E-state index contributed by atoms with van der Waals surface area (Å²) in [7, 11) is 1.75. The minimum Gasteiger partial charge on any atom is -0.480 e. The molecule has 148 valence electrons. The summed E-state index contributed by atoms with van der Waals surface area (Å²) in [4.78, 5) is 26.2. The second-order valence-corrected chi connectivity index (χ2v) is 7.26. The molecule has 4 rings (SSSR count). The van der Waals surface area contributed by atoms with E-state index in [-0.39, 0.29) is 19.0 Å². The highest BCUT2D eigenvalue weighted by molar-refractivity contribution is 5.97. The molecule has 0 saturated carbocycles. The molecule has 3 aromatic rings. The number of anilines is 1. The van der Waals surface area contributed by atoms with Gasteiger partial charge in [0.25, 0.3) is 5.91 Å². The highest BCUT2D eigenvalue weighted by Crippen LogP contribution is 2.27. The largest absolute Gasteiger partial charge is 0.480 e. The van der Waals surface area contributed by atoms with Crippen molar-refractivity contribution in [2.75, 3.05) is 25.0 Å². The van der Waals surface area contributed by atoms with E-state index in [1.54, 1.807) is 17.0 Å². The maximum Gasteiger partial charge on any atom is 0.323 e. The smallest absolute Gasteiger partial charge is 0.323 e. The molecular formula is C23H23N3O3. The molecule has 29 heavy (non-hydrogen) atoms. The maximum atomic E-state index is 13.0. The number of carbonyl (C=O) groups is 2. The molecule has 1 heterocycles. The van der Waals surface area contributed by atoms with Crippen LogP contribution in [0, 0.1) is 0 Å². The Hall–Kier alpha value is -3.38. The number of amides is 1. The van der Waals surface area contributed by atoms with Gasteiger partial charge in [-0.25, -0.2) is 5.01 Å². The van der Waals surface area contributed by atoms with Crippen LogP contribution in [0.15, 0.2) is 66.7 Å². The Morgan fingerprint density at radius 1 is 0.897 bits per heavy atom. The van der Waals surface area contributed by atoms with Crippen molar-refractivity contribution in [1.82, 2.24) is 10.0 Å². The number of benzene rings is 3. The number of rotatable bonds is 6. The van der Waals surface area contributed by atoms with Crippen molar-refractivity contribution in [1.29, 1.82) is 0 Å². The Morgan fingerprint density at radius 2 is 1.52 bits per heavy atom. The third-order valence-electron chi connectivity index (χ3n) is 5.37. The van der Waals surface area contributed by atoms with E-state index in [0.717, 1.165) is 16.5 Å². The number of aliphatic carboxylic acids is 1. The van der Waals surface area contributed by atoms with E-state index in [2.05, 4.69) is 12.1 Å². The summed E-state index contributed by atoms with van der Waals surface area (Å²) < 4.78 is 0. The normalized spacial score (nSPS) is 13.3. The standard InChI is InChI=1S/C23H23N3O3/c1-24(26-13-18-8-2-3-9-19(18)14-26)22(27)15-25(16-23(28)29)21-12-6-10-17-7-4-5-11-20(17)21/h2-12H,13-16H2,1H3,(H,28,29). The van der Waals surface area contributed by atoms with Crippen molar-refractivity contribution in [2.24, 2.45) is 0 Å². The van der Waals surface area contributed by atoms with Crippen molar-refractivity contribution >= 4 is 28.3 Å². The lowest BCUT2D eigenvalue weighted by atomic mass is 10.1. The van der Waals surface area contributed by atoms with Crippen molar-refractivity contribution < 1.29 is 14.7 Å². The zero-order valence-electron chi connectivity index (χ0n) is 16.3. The van der Waals surface area contributed by atoms with Crippen LogP contribution in [0.4, 0.5) is 5.69 Å². The summed E-state index contributed by atoms with van der Waals surface area (Å²) in [6.07, 6.45) is 0. The van der Waals surface area contributed by atoms with Crippen LogP contribution in [0.1, 0.15) is 11.1 Å². The summed E-state index contributed by atoms with van der Waals surface area (Å²) in [6, 6.07) is 21.7. The molecule has 0 fully saturated rings. The Bertz CT molecular complexity index is 1040. The van der Waals surface area contributed by atoms with Crippen LogP contribution < -0.4 is 4.90 Å². The third-order valence-corrected chi connectivity index (χ3v) is 5.37. The fourth-order valence-electron chi connectivity index (χ4n) is 3.82. The zero-order chi connectivity index (χ0) is 20.4. The van der Waals surface area contributed by atoms with Gasteiger partial charge in [0.2, 0.25) is 0 Å². The third kappa shape index (κ3) is 3.93. The molecule has 0 aliphatic carbocycles. The maximum absolute atomic E-state index is 13.0. The van der Waals surface area contributed by atoms with E-state index in [4.69, 9.17) is 0 Å². The van der Waals surface area contributed by atoms with Crippen molar-refractivity contribution in [3.8, 4) is 0 Å². The van der Waals surface area contributed by atoms with Crippen LogP contribution >= 0.6 is 0 Å². The van der Waals surface area contributed by atoms with Gasteiger partial charge >= 0.3 is 5.97 Å². The van der Waals surface area contributed by atoms with Gasteiger partial charge in [-0.2, -0.15) is 0 Å². The molecule has 1 N–H and O–H groups in total. The molecule has 0 spiro atoms. The minimum absolute atomic E-state index is 0.0103. The van der Waals surface area contributed by atoms with Crippen LogP contribution in [0.3, 0.4) is 0 Å². The molecule has 0 radical (unpaired) electrons. The predicted molar refractivity (Wildman–Crippen MR) is 112 cm³/mol. The number of carbonyl (C=O) groups excluding carboxylic acids is 1. The van der Waals surface area contributed by atoms with E-state index >= 15 is 0 Å². The topological polar surface area (TPSA) is 64.1 Å². The van der Waals surface area contributed by atoms with Gasteiger partial charge in [0.1, 0.15) is 6.54 Å². The number of hydrazine groups is 1. The van der Waals surface area contributed by atoms with Crippen LogP contribution in [-0.4, -0.2) is 47.1 Å². The van der Waals surface area contributed by atoms with Gasteiger partial charge in [0.05, 0.1) is 6.54 Å². The lowest BCUT2D eigenvalue weighted by Crippen LogP contribution is -2.46. The monoisotopic (exact) mass is 389 g/mol. The molecule has 0 bridgehead atoms.